The average molecular weight is 651 g/mol. The maximum Gasteiger partial charge on any atom is 0.166 e. The molecular formula is C38H42N4O6. The van der Waals surface area contributed by atoms with E-state index in [0.29, 0.717) is 76.0 Å². The van der Waals surface area contributed by atoms with E-state index in [1.807, 2.05) is 24.3 Å². The van der Waals surface area contributed by atoms with Crippen molar-refractivity contribution in [2.75, 3.05) is 26.2 Å². The third kappa shape index (κ3) is 3.15. The molecule has 48 heavy (non-hydrogen) atoms. The summed E-state index contributed by atoms with van der Waals surface area (Å²) in [6.07, 6.45) is 7.42. The topological polar surface area (TPSA) is 131 Å². The summed E-state index contributed by atoms with van der Waals surface area (Å²) in [5.41, 5.74) is 1.99. The van der Waals surface area contributed by atoms with Crippen molar-refractivity contribution in [1.82, 2.24) is 9.80 Å². The van der Waals surface area contributed by atoms with E-state index in [0.717, 1.165) is 46.8 Å². The zero-order valence-electron chi connectivity index (χ0n) is 27.1. The normalized spacial score (nSPS) is 41.4. The molecule has 10 rings (SSSR count). The van der Waals surface area contributed by atoms with E-state index in [1.54, 1.807) is 12.1 Å². The highest BCUT2D eigenvalue weighted by Crippen LogP contribution is 2.66. The number of aromatic hydroxyl groups is 2. The largest absolute Gasteiger partial charge is 0.504 e. The molecule has 4 aliphatic heterocycles. The maximum atomic E-state index is 12.7. The summed E-state index contributed by atoms with van der Waals surface area (Å²) in [5, 5.41) is 57.4. The van der Waals surface area contributed by atoms with Crippen molar-refractivity contribution in [3.63, 3.8) is 0 Å². The lowest BCUT2D eigenvalue weighted by Crippen LogP contribution is -2.76. The number of hydrogen-bond donors (Lipinski definition) is 4. The standard InChI is InChI=1S/C38H42N4O6/c1-3-15-41-17-13-35-29-21-5-7-25(43)31(29)47-33(35)23(9-11-37(35,45)27(41)19-21)39-40-24-10-12-38(46)28-20-22-6-8-26(44)32-30(22)36(38,34(24)48-32)14-18-42(28)16-4-2/h3-8,27-28,33-34,43-46H,1-2,9-20H2/b39-23-,40-24?/t27?,28?,33-,34-,35?,36+,37-,38-/m1/s1. The molecule has 10 heteroatoms. The van der Waals surface area contributed by atoms with E-state index in [1.165, 1.54) is 0 Å². The van der Waals surface area contributed by atoms with Crippen LogP contribution in [-0.4, -0.2) is 103 Å². The molecule has 4 N–H and O–H groups in total. The molecular weight excluding hydrogens is 608 g/mol. The van der Waals surface area contributed by atoms with Crippen molar-refractivity contribution >= 4 is 11.4 Å². The van der Waals surface area contributed by atoms with Crippen LogP contribution in [0.2, 0.25) is 0 Å². The number of aliphatic hydroxyl groups is 2. The highest BCUT2D eigenvalue weighted by atomic mass is 16.5. The molecule has 0 amide bonds. The first-order valence-corrected chi connectivity index (χ1v) is 17.5. The van der Waals surface area contributed by atoms with Gasteiger partial charge in [-0.3, -0.25) is 9.80 Å². The van der Waals surface area contributed by atoms with E-state index in [4.69, 9.17) is 19.7 Å². The Kier molecular flexibility index (Phi) is 5.79. The quantitative estimate of drug-likeness (QED) is 0.287. The summed E-state index contributed by atoms with van der Waals surface area (Å²) in [6, 6.07) is 7.18. The van der Waals surface area contributed by atoms with Gasteiger partial charge in [-0.2, -0.15) is 10.2 Å². The fourth-order valence-corrected chi connectivity index (χ4v) is 12.0. The van der Waals surface area contributed by atoms with Gasteiger partial charge in [0.25, 0.3) is 0 Å². The lowest BCUT2D eigenvalue weighted by atomic mass is 9.48. The minimum Gasteiger partial charge on any atom is -0.504 e. The Labute approximate surface area is 279 Å². The molecule has 10 nitrogen and oxygen atoms in total. The molecule has 8 atom stereocenters. The van der Waals surface area contributed by atoms with Crippen molar-refractivity contribution in [2.24, 2.45) is 10.2 Å². The molecule has 2 aromatic rings. The first-order valence-electron chi connectivity index (χ1n) is 17.5. The number of nitrogens with zero attached hydrogens (tertiary/aromatic N) is 4. The Morgan fingerprint density at radius 1 is 0.708 bits per heavy atom. The summed E-state index contributed by atoms with van der Waals surface area (Å²) in [4.78, 5) is 4.68. The van der Waals surface area contributed by atoms with E-state index < -0.39 is 34.2 Å². The second kappa shape index (κ2) is 9.50. The molecule has 0 aromatic heterocycles. The van der Waals surface area contributed by atoms with Gasteiger partial charge in [0.05, 0.1) is 33.5 Å². The predicted molar refractivity (Wildman–Crippen MR) is 179 cm³/mol. The second-order valence-electron chi connectivity index (χ2n) is 15.4. The van der Waals surface area contributed by atoms with Crippen LogP contribution in [0.1, 0.15) is 60.8 Å². The van der Waals surface area contributed by atoms with E-state index >= 15 is 0 Å². The number of ether oxygens (including phenoxy) is 2. The summed E-state index contributed by atoms with van der Waals surface area (Å²) < 4.78 is 13.3. The molecule has 2 aromatic carbocycles. The van der Waals surface area contributed by atoms with Gasteiger partial charge in [-0.05, 0) is 74.6 Å². The number of phenolic OH excluding ortho intramolecular Hbond substituents is 2. The summed E-state index contributed by atoms with van der Waals surface area (Å²) in [5.74, 6) is 1.11. The molecule has 2 spiro atoms. The zero-order chi connectivity index (χ0) is 32.8. The van der Waals surface area contributed by atoms with Crippen molar-refractivity contribution in [3.8, 4) is 23.0 Å². The summed E-state index contributed by atoms with van der Waals surface area (Å²) in [6.45, 7) is 10.9. The molecule has 4 fully saturated rings. The van der Waals surface area contributed by atoms with Crippen LogP contribution in [0.5, 0.6) is 23.0 Å². The molecule has 2 saturated carbocycles. The van der Waals surface area contributed by atoms with Crippen LogP contribution in [0.25, 0.3) is 0 Å². The van der Waals surface area contributed by atoms with Crippen LogP contribution in [0.3, 0.4) is 0 Å². The van der Waals surface area contributed by atoms with Gasteiger partial charge in [-0.15, -0.1) is 13.2 Å². The highest BCUT2D eigenvalue weighted by Gasteiger charge is 2.74. The van der Waals surface area contributed by atoms with Crippen LogP contribution >= 0.6 is 0 Å². The number of piperidine rings is 2. The Morgan fingerprint density at radius 2 is 1.15 bits per heavy atom. The van der Waals surface area contributed by atoms with Crippen LogP contribution in [-0.2, 0) is 23.7 Å². The van der Waals surface area contributed by atoms with Gasteiger partial charge >= 0.3 is 0 Å². The molecule has 2 saturated heterocycles. The SMILES string of the molecule is C=CCN1CCC23c4c5ccc(O)c4O[C@@H]2/C(=N\N=C2CC[C@@]4(O)C6Cc7ccc(O)c8c7[C@@]4(CCN6CC=C)[C@@H]2O8)CC[C@@]3(O)C1C5. The fourth-order valence-electron chi connectivity index (χ4n) is 12.0. The van der Waals surface area contributed by atoms with Crippen molar-refractivity contribution in [2.45, 2.75) is 97.7 Å². The molecule has 4 heterocycles. The van der Waals surface area contributed by atoms with Crippen LogP contribution in [0.15, 0.2) is 59.8 Å². The number of likely N-dealkylation sites (tertiary alicyclic amines) is 2. The maximum absolute atomic E-state index is 12.7. The predicted octanol–water partition coefficient (Wildman–Crippen LogP) is 3.28. The molecule has 4 aliphatic carbocycles. The number of hydrogen-bond acceptors (Lipinski definition) is 10. The van der Waals surface area contributed by atoms with Crippen LogP contribution in [0, 0.1) is 0 Å². The molecule has 8 aliphatic rings. The van der Waals surface area contributed by atoms with E-state index in [-0.39, 0.29) is 23.6 Å². The highest BCUT2D eigenvalue weighted by molar-refractivity contribution is 5.97. The van der Waals surface area contributed by atoms with Crippen LogP contribution in [0.4, 0.5) is 0 Å². The monoisotopic (exact) mass is 650 g/mol. The minimum absolute atomic E-state index is 0.0885. The Balaban J connectivity index is 1.08. The molecule has 0 radical (unpaired) electrons. The molecule has 250 valence electrons. The van der Waals surface area contributed by atoms with E-state index in [2.05, 4.69) is 23.0 Å². The Morgan fingerprint density at radius 3 is 1.56 bits per heavy atom. The lowest BCUT2D eigenvalue weighted by molar-refractivity contribution is -0.164. The van der Waals surface area contributed by atoms with Crippen LogP contribution < -0.4 is 9.47 Å². The van der Waals surface area contributed by atoms with Gasteiger partial charge in [0, 0.05) is 49.4 Å². The average Bonchev–Trinajstić information content (AvgIpc) is 3.61. The van der Waals surface area contributed by atoms with E-state index in [9.17, 15) is 20.4 Å². The van der Waals surface area contributed by atoms with Gasteiger partial charge in [0.2, 0.25) is 0 Å². The smallest absolute Gasteiger partial charge is 0.166 e. The first-order chi connectivity index (χ1) is 23.2. The third-order valence-corrected chi connectivity index (χ3v) is 13.8. The van der Waals surface area contributed by atoms with Gasteiger partial charge in [0.1, 0.15) is 0 Å². The molecule has 3 unspecified atom stereocenters. The Bertz CT molecular complexity index is 1740. The second-order valence-corrected chi connectivity index (χ2v) is 15.4. The van der Waals surface area contributed by atoms with Crippen molar-refractivity contribution in [1.29, 1.82) is 0 Å². The minimum atomic E-state index is -1.06. The number of benzene rings is 2. The summed E-state index contributed by atoms with van der Waals surface area (Å²) >= 11 is 0. The van der Waals surface area contributed by atoms with Gasteiger partial charge in [-0.25, -0.2) is 0 Å². The van der Waals surface area contributed by atoms with Crippen molar-refractivity contribution < 1.29 is 29.9 Å². The van der Waals surface area contributed by atoms with Gasteiger partial charge < -0.3 is 29.9 Å². The first kappa shape index (κ1) is 29.2. The zero-order valence-corrected chi connectivity index (χ0v) is 27.1. The Hall–Kier alpha value is -3.70. The summed E-state index contributed by atoms with van der Waals surface area (Å²) in [7, 11) is 0. The number of rotatable bonds is 5. The van der Waals surface area contributed by atoms with Crippen molar-refractivity contribution in [3.05, 3.63) is 71.8 Å². The van der Waals surface area contributed by atoms with Gasteiger partial charge in [0.15, 0.2) is 35.2 Å². The lowest BCUT2D eigenvalue weighted by Gasteiger charge is -2.63. The third-order valence-electron chi connectivity index (χ3n) is 13.8. The number of phenols is 2. The van der Waals surface area contributed by atoms with Gasteiger partial charge in [-0.1, -0.05) is 24.3 Å². The fraction of sp³-hybridized carbons (Fsp3) is 0.526. The molecule has 4 bridgehead atoms.